The zero-order valence-corrected chi connectivity index (χ0v) is 17.1. The highest BCUT2D eigenvalue weighted by molar-refractivity contribution is 5.92. The monoisotopic (exact) mass is 428 g/mol. The summed E-state index contributed by atoms with van der Waals surface area (Å²) in [5, 5.41) is 0.480. The molecule has 1 aromatic heterocycles. The lowest BCUT2D eigenvalue weighted by Crippen LogP contribution is -2.40. The first kappa shape index (κ1) is 20.1. The van der Waals surface area contributed by atoms with Crippen LogP contribution in [-0.4, -0.2) is 42.1 Å². The van der Waals surface area contributed by atoms with Gasteiger partial charge in [0.15, 0.2) is 0 Å². The van der Waals surface area contributed by atoms with Crippen molar-refractivity contribution in [1.82, 2.24) is 9.88 Å². The van der Waals surface area contributed by atoms with Crippen LogP contribution in [0.5, 0.6) is 0 Å². The number of nitrogens with zero attached hydrogens (tertiary/aromatic N) is 1. The van der Waals surface area contributed by atoms with E-state index < -0.39 is 11.6 Å². The molecule has 1 N–H and O–H groups in total. The minimum Gasteiger partial charge on any atom is -0.380 e. The summed E-state index contributed by atoms with van der Waals surface area (Å²) in [5.41, 5.74) is 2.37. The lowest BCUT2D eigenvalue weighted by molar-refractivity contribution is -0.138. The largest absolute Gasteiger partial charge is 0.380 e. The highest BCUT2D eigenvalue weighted by Gasteiger charge is 2.41. The molecule has 3 aromatic rings. The van der Waals surface area contributed by atoms with Crippen LogP contribution >= 0.6 is 0 Å². The molecule has 2 fully saturated rings. The molecule has 1 aliphatic heterocycles. The van der Waals surface area contributed by atoms with Crippen molar-refractivity contribution in [1.29, 1.82) is 0 Å². The smallest absolute Gasteiger partial charge is 0.225 e. The van der Waals surface area contributed by atoms with Crippen LogP contribution in [0.1, 0.15) is 30.7 Å². The van der Waals surface area contributed by atoms with Gasteiger partial charge >= 0.3 is 0 Å². The van der Waals surface area contributed by atoms with E-state index in [-0.39, 0.29) is 35.2 Å². The lowest BCUT2D eigenvalue weighted by Gasteiger charge is -2.37. The number of H-pyrrole nitrogens is 1. The first-order valence-corrected chi connectivity index (χ1v) is 10.5. The molecule has 0 spiro atoms. The Morgan fingerprint density at radius 1 is 1.10 bits per heavy atom. The molecular weight excluding hydrogens is 405 g/mol. The molecule has 7 heteroatoms. The van der Waals surface area contributed by atoms with Crippen LogP contribution in [0.15, 0.2) is 36.4 Å². The molecule has 0 unspecified atom stereocenters. The van der Waals surface area contributed by atoms with E-state index in [1.54, 1.807) is 19.2 Å². The van der Waals surface area contributed by atoms with Crippen molar-refractivity contribution < 1.29 is 22.7 Å². The summed E-state index contributed by atoms with van der Waals surface area (Å²) in [5.74, 6) is -1.68. The highest BCUT2D eigenvalue weighted by Crippen LogP contribution is 2.49. The maximum absolute atomic E-state index is 14.5. The van der Waals surface area contributed by atoms with Gasteiger partial charge in [0.2, 0.25) is 5.91 Å². The molecule has 1 aliphatic carbocycles. The summed E-state index contributed by atoms with van der Waals surface area (Å²) in [6.07, 6.45) is 2.16. The number of halogens is 3. The Balaban J connectivity index is 1.46. The van der Waals surface area contributed by atoms with Gasteiger partial charge in [-0.2, -0.15) is 0 Å². The van der Waals surface area contributed by atoms with Gasteiger partial charge in [-0.05, 0) is 66.6 Å². The van der Waals surface area contributed by atoms with Gasteiger partial charge in [0.1, 0.15) is 17.5 Å². The van der Waals surface area contributed by atoms with Crippen molar-refractivity contribution in [2.45, 2.75) is 31.3 Å². The predicted octanol–water partition coefficient (Wildman–Crippen LogP) is 4.99. The molecule has 2 heterocycles. The Labute approximate surface area is 178 Å². The third kappa shape index (κ3) is 3.51. The van der Waals surface area contributed by atoms with E-state index in [1.807, 2.05) is 4.90 Å². The van der Waals surface area contributed by atoms with Gasteiger partial charge in [-0.3, -0.25) is 4.79 Å². The molecule has 2 aliphatic rings. The summed E-state index contributed by atoms with van der Waals surface area (Å²) >= 11 is 0. The number of nitrogens with one attached hydrogen (secondary N) is 1. The SMILES string of the molecule is CO[C@H]1CCN(C(=O)[C@H]2C[C@H](c3c(-c4ccc(F)cc4)[nH]c4c(F)cc(F)cc43)C2)C1. The standard InChI is InChI=1S/C24H23F3N2O2/c1-31-18-6-7-29(12-18)24(30)15-8-14(9-15)21-19-10-17(26)11-20(27)23(19)28-22(21)13-2-4-16(25)5-3-13/h2-5,10-11,14-15,18,28H,6-9,12H2,1H3/t14-,15-,18-/m0/s1. The molecule has 162 valence electrons. The van der Waals surface area contributed by atoms with E-state index in [1.165, 1.54) is 18.2 Å². The van der Waals surface area contributed by atoms with E-state index in [9.17, 15) is 18.0 Å². The Morgan fingerprint density at radius 2 is 1.84 bits per heavy atom. The molecule has 0 radical (unpaired) electrons. The minimum atomic E-state index is -0.667. The van der Waals surface area contributed by atoms with Crippen molar-refractivity contribution in [3.8, 4) is 11.3 Å². The van der Waals surface area contributed by atoms with Gasteiger partial charge in [0.25, 0.3) is 0 Å². The van der Waals surface area contributed by atoms with Crippen LogP contribution in [0.25, 0.3) is 22.2 Å². The summed E-state index contributed by atoms with van der Waals surface area (Å²) < 4.78 is 47.3. The van der Waals surface area contributed by atoms with Gasteiger partial charge in [-0.25, -0.2) is 13.2 Å². The number of carbonyl (C=O) groups is 1. The number of hydrogen-bond donors (Lipinski definition) is 1. The number of amides is 1. The zero-order valence-electron chi connectivity index (χ0n) is 17.1. The van der Waals surface area contributed by atoms with Gasteiger partial charge < -0.3 is 14.6 Å². The van der Waals surface area contributed by atoms with E-state index in [2.05, 4.69) is 4.98 Å². The second-order valence-electron chi connectivity index (χ2n) is 8.53. The van der Waals surface area contributed by atoms with Crippen molar-refractivity contribution in [2.24, 2.45) is 5.92 Å². The van der Waals surface area contributed by atoms with Gasteiger partial charge in [0.05, 0.1) is 17.3 Å². The van der Waals surface area contributed by atoms with Crippen LogP contribution in [0, 0.1) is 23.4 Å². The maximum atomic E-state index is 14.5. The third-order valence-electron chi connectivity index (χ3n) is 6.68. The Bertz CT molecular complexity index is 1140. The highest BCUT2D eigenvalue weighted by atomic mass is 19.1. The van der Waals surface area contributed by atoms with E-state index in [0.717, 1.165) is 18.1 Å². The zero-order chi connectivity index (χ0) is 21.7. The molecule has 1 amide bonds. The van der Waals surface area contributed by atoms with Gasteiger partial charge in [-0.15, -0.1) is 0 Å². The Hall–Kier alpha value is -2.80. The fraction of sp³-hybridized carbons (Fsp3) is 0.375. The lowest BCUT2D eigenvalue weighted by atomic mass is 9.69. The number of benzene rings is 2. The predicted molar refractivity (Wildman–Crippen MR) is 111 cm³/mol. The molecule has 4 nitrogen and oxygen atoms in total. The molecule has 0 bridgehead atoms. The first-order chi connectivity index (χ1) is 14.9. The number of rotatable bonds is 4. The number of likely N-dealkylation sites (tertiary alicyclic amines) is 1. The van der Waals surface area contributed by atoms with Gasteiger partial charge in [0, 0.05) is 37.6 Å². The number of aromatic amines is 1. The Morgan fingerprint density at radius 3 is 2.52 bits per heavy atom. The van der Waals surface area contributed by atoms with E-state index in [4.69, 9.17) is 4.74 Å². The third-order valence-corrected chi connectivity index (χ3v) is 6.68. The van der Waals surface area contributed by atoms with Crippen molar-refractivity contribution in [3.63, 3.8) is 0 Å². The van der Waals surface area contributed by atoms with Crippen molar-refractivity contribution >= 4 is 16.8 Å². The summed E-state index contributed by atoms with van der Waals surface area (Å²) in [6, 6.07) is 8.10. The second kappa shape index (κ2) is 7.71. The summed E-state index contributed by atoms with van der Waals surface area (Å²) in [7, 11) is 1.66. The molecule has 2 aromatic carbocycles. The average molecular weight is 428 g/mol. The molecular formula is C24H23F3N2O2. The Kier molecular flexibility index (Phi) is 5.01. The number of ether oxygens (including phenoxy) is 1. The summed E-state index contributed by atoms with van der Waals surface area (Å²) in [4.78, 5) is 17.8. The fourth-order valence-electron chi connectivity index (χ4n) is 4.94. The number of methoxy groups -OCH3 is 1. The van der Waals surface area contributed by atoms with E-state index in [0.29, 0.717) is 42.6 Å². The van der Waals surface area contributed by atoms with Crippen LogP contribution in [0.2, 0.25) is 0 Å². The molecule has 31 heavy (non-hydrogen) atoms. The molecule has 1 saturated carbocycles. The van der Waals surface area contributed by atoms with Crippen LogP contribution in [-0.2, 0) is 9.53 Å². The number of hydrogen-bond acceptors (Lipinski definition) is 2. The molecule has 1 atom stereocenters. The van der Waals surface area contributed by atoms with Crippen molar-refractivity contribution in [2.75, 3.05) is 20.2 Å². The molecule has 5 rings (SSSR count). The van der Waals surface area contributed by atoms with Crippen LogP contribution in [0.3, 0.4) is 0 Å². The quantitative estimate of drug-likeness (QED) is 0.636. The first-order valence-electron chi connectivity index (χ1n) is 10.5. The second-order valence-corrected chi connectivity index (χ2v) is 8.53. The van der Waals surface area contributed by atoms with Gasteiger partial charge in [-0.1, -0.05) is 0 Å². The fourth-order valence-corrected chi connectivity index (χ4v) is 4.94. The minimum absolute atomic E-state index is 0.00946. The average Bonchev–Trinajstić information content (AvgIpc) is 3.33. The topological polar surface area (TPSA) is 45.3 Å². The maximum Gasteiger partial charge on any atom is 0.225 e. The van der Waals surface area contributed by atoms with Crippen LogP contribution < -0.4 is 0 Å². The number of aromatic nitrogens is 1. The van der Waals surface area contributed by atoms with Crippen LogP contribution in [0.4, 0.5) is 13.2 Å². The van der Waals surface area contributed by atoms with Crippen molar-refractivity contribution in [3.05, 3.63) is 59.4 Å². The number of fused-ring (bicyclic) bond motifs is 1. The molecule has 1 saturated heterocycles. The number of carbonyl (C=O) groups excluding carboxylic acids is 1. The summed E-state index contributed by atoms with van der Waals surface area (Å²) in [6.45, 7) is 1.31. The normalized spacial score (nSPS) is 23.4. The van der Waals surface area contributed by atoms with E-state index >= 15 is 0 Å².